The highest BCUT2D eigenvalue weighted by Crippen LogP contribution is 2.17. The Morgan fingerprint density at radius 3 is 2.56 bits per heavy atom. The molecule has 0 atom stereocenters. The van der Waals surface area contributed by atoms with E-state index in [2.05, 4.69) is 5.10 Å². The van der Waals surface area contributed by atoms with E-state index >= 15 is 0 Å². The van der Waals surface area contributed by atoms with E-state index in [-0.39, 0.29) is 6.61 Å². The summed E-state index contributed by atoms with van der Waals surface area (Å²) in [5, 5.41) is 31.6. The molecular weight excluding hydrogens is 242 g/mol. The maximum atomic E-state index is 10.7. The average Bonchev–Trinajstić information content (AvgIpc) is 2.73. The SMILES string of the molecule is O=C(O)c1nn(CCCCCCO)cc1[N+](=O)[O-]. The van der Waals surface area contributed by atoms with Crippen LogP contribution >= 0.6 is 0 Å². The van der Waals surface area contributed by atoms with Gasteiger partial charge >= 0.3 is 11.7 Å². The summed E-state index contributed by atoms with van der Waals surface area (Å²) >= 11 is 0. The average molecular weight is 257 g/mol. The number of aliphatic hydroxyl groups is 1. The van der Waals surface area contributed by atoms with E-state index in [1.165, 1.54) is 4.68 Å². The maximum Gasteiger partial charge on any atom is 0.363 e. The quantitative estimate of drug-likeness (QED) is 0.408. The van der Waals surface area contributed by atoms with Crippen molar-refractivity contribution in [2.75, 3.05) is 6.61 Å². The second-order valence-corrected chi connectivity index (χ2v) is 3.83. The van der Waals surface area contributed by atoms with Crippen LogP contribution < -0.4 is 0 Å². The van der Waals surface area contributed by atoms with E-state index in [0.29, 0.717) is 6.54 Å². The molecule has 0 fully saturated rings. The van der Waals surface area contributed by atoms with Crippen LogP contribution in [0.15, 0.2) is 6.20 Å². The summed E-state index contributed by atoms with van der Waals surface area (Å²) < 4.78 is 1.28. The number of aliphatic hydroxyl groups excluding tert-OH is 1. The van der Waals surface area contributed by atoms with E-state index in [1.54, 1.807) is 0 Å². The summed E-state index contributed by atoms with van der Waals surface area (Å²) in [6.45, 7) is 0.579. The smallest absolute Gasteiger partial charge is 0.363 e. The van der Waals surface area contributed by atoms with Crippen molar-refractivity contribution in [3.05, 3.63) is 22.0 Å². The first-order valence-electron chi connectivity index (χ1n) is 5.62. The highest BCUT2D eigenvalue weighted by molar-refractivity contribution is 5.89. The van der Waals surface area contributed by atoms with Crippen molar-refractivity contribution in [1.82, 2.24) is 9.78 Å². The summed E-state index contributed by atoms with van der Waals surface area (Å²) in [7, 11) is 0. The molecule has 18 heavy (non-hydrogen) atoms. The number of nitro groups is 1. The first-order valence-corrected chi connectivity index (χ1v) is 5.62. The second-order valence-electron chi connectivity index (χ2n) is 3.83. The summed E-state index contributed by atoms with van der Waals surface area (Å²) in [6, 6.07) is 0. The van der Waals surface area contributed by atoms with Gasteiger partial charge in [-0.05, 0) is 12.8 Å². The monoisotopic (exact) mass is 257 g/mol. The van der Waals surface area contributed by atoms with Gasteiger partial charge in [0.15, 0.2) is 0 Å². The van der Waals surface area contributed by atoms with Crippen LogP contribution in [0.2, 0.25) is 0 Å². The number of hydrogen-bond donors (Lipinski definition) is 2. The Balaban J connectivity index is 2.59. The minimum Gasteiger partial charge on any atom is -0.476 e. The van der Waals surface area contributed by atoms with Gasteiger partial charge in [0.1, 0.15) is 6.20 Å². The zero-order valence-electron chi connectivity index (χ0n) is 9.78. The number of nitrogens with zero attached hydrogens (tertiary/aromatic N) is 3. The molecule has 2 N–H and O–H groups in total. The molecule has 0 bridgehead atoms. The number of aromatic nitrogens is 2. The molecule has 0 saturated heterocycles. The van der Waals surface area contributed by atoms with E-state index in [4.69, 9.17) is 10.2 Å². The molecule has 1 heterocycles. The Morgan fingerprint density at radius 1 is 1.39 bits per heavy atom. The lowest BCUT2D eigenvalue weighted by atomic mass is 10.2. The van der Waals surface area contributed by atoms with Crippen molar-refractivity contribution in [3.63, 3.8) is 0 Å². The maximum absolute atomic E-state index is 10.7. The van der Waals surface area contributed by atoms with E-state index in [9.17, 15) is 14.9 Å². The number of carboxylic acids is 1. The van der Waals surface area contributed by atoms with Gasteiger partial charge in [-0.3, -0.25) is 14.8 Å². The molecule has 100 valence electrons. The fourth-order valence-electron chi connectivity index (χ4n) is 1.55. The number of aromatic carboxylic acids is 1. The van der Waals surface area contributed by atoms with Crippen LogP contribution in [-0.2, 0) is 6.54 Å². The Labute approximate surface area is 103 Å². The summed E-state index contributed by atoms with van der Waals surface area (Å²) in [5.74, 6) is -1.40. The van der Waals surface area contributed by atoms with Crippen LogP contribution in [0.1, 0.15) is 36.2 Å². The lowest BCUT2D eigenvalue weighted by Crippen LogP contribution is -2.04. The van der Waals surface area contributed by atoms with Gasteiger partial charge in [-0.1, -0.05) is 12.8 Å². The third-order valence-corrected chi connectivity index (χ3v) is 2.44. The Morgan fingerprint density at radius 2 is 2.06 bits per heavy atom. The number of rotatable bonds is 8. The fraction of sp³-hybridized carbons (Fsp3) is 0.600. The molecule has 0 aliphatic carbocycles. The summed E-state index contributed by atoms with van der Waals surface area (Å²) in [6.07, 6.45) is 4.31. The fourth-order valence-corrected chi connectivity index (χ4v) is 1.55. The van der Waals surface area contributed by atoms with Gasteiger partial charge in [-0.15, -0.1) is 0 Å². The predicted molar refractivity (Wildman–Crippen MR) is 61.4 cm³/mol. The molecule has 1 aromatic rings. The van der Waals surface area contributed by atoms with Crippen LogP contribution in [0.4, 0.5) is 5.69 Å². The van der Waals surface area contributed by atoms with Crippen LogP contribution in [0.5, 0.6) is 0 Å². The van der Waals surface area contributed by atoms with Gasteiger partial charge in [0.2, 0.25) is 5.69 Å². The molecule has 0 aliphatic heterocycles. The van der Waals surface area contributed by atoms with Crippen LogP contribution in [0.25, 0.3) is 0 Å². The Hall–Kier alpha value is -1.96. The predicted octanol–water partition coefficient (Wildman–Crippen LogP) is 1.04. The van der Waals surface area contributed by atoms with E-state index in [1.807, 2.05) is 0 Å². The van der Waals surface area contributed by atoms with Gasteiger partial charge < -0.3 is 10.2 Å². The lowest BCUT2D eigenvalue weighted by Gasteiger charge is -2.00. The zero-order valence-corrected chi connectivity index (χ0v) is 9.78. The summed E-state index contributed by atoms with van der Waals surface area (Å²) in [5.41, 5.74) is -1.02. The van der Waals surface area contributed by atoms with Crippen molar-refractivity contribution in [2.24, 2.45) is 0 Å². The van der Waals surface area contributed by atoms with Gasteiger partial charge in [-0.25, -0.2) is 4.79 Å². The van der Waals surface area contributed by atoms with Gasteiger partial charge in [0, 0.05) is 13.2 Å². The molecule has 0 aromatic carbocycles. The Kier molecular flexibility index (Phi) is 5.25. The number of carbonyl (C=O) groups is 1. The first-order chi connectivity index (χ1) is 8.56. The minimum atomic E-state index is -1.40. The number of unbranched alkanes of at least 4 members (excludes halogenated alkanes) is 3. The molecule has 0 saturated carbocycles. The van der Waals surface area contributed by atoms with Gasteiger partial charge in [0.25, 0.3) is 0 Å². The van der Waals surface area contributed by atoms with Crippen molar-refractivity contribution in [2.45, 2.75) is 32.2 Å². The van der Waals surface area contributed by atoms with Gasteiger partial charge in [-0.2, -0.15) is 5.10 Å². The number of aryl methyl sites for hydroxylation is 1. The minimum absolute atomic E-state index is 0.149. The third-order valence-electron chi connectivity index (χ3n) is 2.44. The van der Waals surface area contributed by atoms with E-state index in [0.717, 1.165) is 31.9 Å². The lowest BCUT2D eigenvalue weighted by molar-refractivity contribution is -0.385. The molecule has 0 spiro atoms. The first kappa shape index (κ1) is 14.1. The largest absolute Gasteiger partial charge is 0.476 e. The molecule has 1 rings (SSSR count). The topological polar surface area (TPSA) is 118 Å². The molecular formula is C10H15N3O5. The van der Waals surface area contributed by atoms with Crippen LogP contribution in [-0.4, -0.2) is 37.5 Å². The number of carboxylic acid groups (broad SMARTS) is 1. The molecule has 0 radical (unpaired) electrons. The van der Waals surface area contributed by atoms with Gasteiger partial charge in [0.05, 0.1) is 4.92 Å². The van der Waals surface area contributed by atoms with Crippen LogP contribution in [0.3, 0.4) is 0 Å². The van der Waals surface area contributed by atoms with Crippen LogP contribution in [0, 0.1) is 10.1 Å². The molecule has 0 unspecified atom stereocenters. The van der Waals surface area contributed by atoms with E-state index < -0.39 is 22.3 Å². The molecule has 8 nitrogen and oxygen atoms in total. The highest BCUT2D eigenvalue weighted by Gasteiger charge is 2.24. The molecule has 0 aliphatic rings. The van der Waals surface area contributed by atoms with Crippen molar-refractivity contribution in [3.8, 4) is 0 Å². The second kappa shape index (κ2) is 6.70. The van der Waals surface area contributed by atoms with Crippen molar-refractivity contribution in [1.29, 1.82) is 0 Å². The summed E-state index contributed by atoms with van der Waals surface area (Å²) in [4.78, 5) is 20.6. The molecule has 8 heteroatoms. The molecule has 1 aromatic heterocycles. The normalized spacial score (nSPS) is 10.5. The van der Waals surface area contributed by atoms with Crippen molar-refractivity contribution < 1.29 is 19.9 Å². The number of hydrogen-bond acceptors (Lipinski definition) is 5. The molecule has 0 amide bonds. The Bertz CT molecular complexity index is 398. The highest BCUT2D eigenvalue weighted by atomic mass is 16.6. The third kappa shape index (κ3) is 3.81. The standard InChI is InChI=1S/C10H15N3O5/c14-6-4-2-1-3-5-12-7-8(13(17)18)9(11-12)10(15)16/h7,14H,1-6H2,(H,15,16). The zero-order chi connectivity index (χ0) is 13.5. The van der Waals surface area contributed by atoms with Crippen molar-refractivity contribution >= 4 is 11.7 Å².